The summed E-state index contributed by atoms with van der Waals surface area (Å²) in [5.41, 5.74) is 2.50. The summed E-state index contributed by atoms with van der Waals surface area (Å²) in [6.45, 7) is 7.71. The van der Waals surface area contributed by atoms with E-state index in [9.17, 15) is 14.0 Å². The number of alkyl halides is 1. The van der Waals surface area contributed by atoms with Crippen molar-refractivity contribution in [2.75, 3.05) is 0 Å². The lowest BCUT2D eigenvalue weighted by molar-refractivity contribution is -0.122. The third-order valence-electron chi connectivity index (χ3n) is 3.37. The molecule has 110 valence electrons. The summed E-state index contributed by atoms with van der Waals surface area (Å²) in [5, 5.41) is 0. The largest absolute Gasteiger partial charge is 0.296 e. The molecule has 1 aromatic rings. The summed E-state index contributed by atoms with van der Waals surface area (Å²) in [7, 11) is 0. The van der Waals surface area contributed by atoms with Gasteiger partial charge in [0, 0.05) is 12.0 Å². The van der Waals surface area contributed by atoms with Gasteiger partial charge in [0.1, 0.15) is 0 Å². The van der Waals surface area contributed by atoms with Crippen LogP contribution >= 0.6 is 0 Å². The van der Waals surface area contributed by atoms with Crippen molar-refractivity contribution in [1.29, 1.82) is 0 Å². The van der Waals surface area contributed by atoms with E-state index in [1.807, 2.05) is 33.8 Å². The van der Waals surface area contributed by atoms with Crippen LogP contribution in [0.4, 0.5) is 4.39 Å². The summed E-state index contributed by atoms with van der Waals surface area (Å²) in [5.74, 6) is -1.28. The first-order chi connectivity index (χ1) is 9.40. The summed E-state index contributed by atoms with van der Waals surface area (Å²) in [4.78, 5) is 23.7. The normalized spacial score (nSPS) is 12.5. The maximum absolute atomic E-state index is 14.0. The van der Waals surface area contributed by atoms with Crippen LogP contribution in [-0.2, 0) is 17.6 Å². The lowest BCUT2D eigenvalue weighted by Gasteiger charge is -2.11. The van der Waals surface area contributed by atoms with E-state index >= 15 is 0 Å². The van der Waals surface area contributed by atoms with Gasteiger partial charge in [-0.15, -0.1) is 0 Å². The predicted molar refractivity (Wildman–Crippen MR) is 78.9 cm³/mol. The van der Waals surface area contributed by atoms with Crippen molar-refractivity contribution in [3.8, 4) is 0 Å². The van der Waals surface area contributed by atoms with Crippen LogP contribution in [0.15, 0.2) is 18.2 Å². The first-order valence-corrected chi connectivity index (χ1v) is 7.23. The number of Topliss-reactive ketones (excluding diaryl/α,β-unsaturated/α-hetero) is 2. The van der Waals surface area contributed by atoms with E-state index in [4.69, 9.17) is 0 Å². The van der Waals surface area contributed by atoms with Crippen LogP contribution in [-0.4, -0.2) is 17.7 Å². The third-order valence-corrected chi connectivity index (χ3v) is 3.37. The SMILES string of the molecule is CCc1ccc(C(=O)C(F)C(=O)CC(C)C)cc1CC. The van der Waals surface area contributed by atoms with E-state index in [1.165, 1.54) is 0 Å². The molecule has 0 saturated heterocycles. The number of carbonyl (C=O) groups is 2. The first-order valence-electron chi connectivity index (χ1n) is 7.23. The smallest absolute Gasteiger partial charge is 0.220 e. The molecule has 0 saturated carbocycles. The number of ketones is 2. The van der Waals surface area contributed by atoms with Gasteiger partial charge in [0.2, 0.25) is 12.0 Å². The molecule has 0 aliphatic carbocycles. The topological polar surface area (TPSA) is 34.1 Å². The van der Waals surface area contributed by atoms with Crippen LogP contribution < -0.4 is 0 Å². The van der Waals surface area contributed by atoms with Gasteiger partial charge in [-0.1, -0.05) is 39.8 Å². The second kappa shape index (κ2) is 7.32. The zero-order valence-corrected chi connectivity index (χ0v) is 12.7. The maximum Gasteiger partial charge on any atom is 0.220 e. The standard InChI is InChI=1S/C17H23FO2/c1-5-12-7-8-14(10-13(12)6-2)17(20)16(18)15(19)9-11(3)4/h7-8,10-11,16H,5-6,9H2,1-4H3. The molecule has 2 nitrogen and oxygen atoms in total. The summed E-state index contributed by atoms with van der Waals surface area (Å²) in [6.07, 6.45) is -0.264. The van der Waals surface area contributed by atoms with Crippen LogP contribution in [0.25, 0.3) is 0 Å². The molecular weight excluding hydrogens is 255 g/mol. The highest BCUT2D eigenvalue weighted by Crippen LogP contribution is 2.17. The van der Waals surface area contributed by atoms with Crippen molar-refractivity contribution in [3.05, 3.63) is 34.9 Å². The lowest BCUT2D eigenvalue weighted by atomic mass is 9.94. The van der Waals surface area contributed by atoms with Gasteiger partial charge in [-0.05, 0) is 36.0 Å². The van der Waals surface area contributed by atoms with Gasteiger partial charge in [-0.25, -0.2) is 4.39 Å². The van der Waals surface area contributed by atoms with E-state index in [0.717, 1.165) is 24.0 Å². The molecule has 20 heavy (non-hydrogen) atoms. The Morgan fingerprint density at radius 2 is 1.70 bits per heavy atom. The average molecular weight is 278 g/mol. The van der Waals surface area contributed by atoms with Crippen molar-refractivity contribution in [3.63, 3.8) is 0 Å². The Morgan fingerprint density at radius 1 is 1.10 bits per heavy atom. The number of aryl methyl sites for hydroxylation is 2. The van der Waals surface area contributed by atoms with Gasteiger partial charge in [0.05, 0.1) is 0 Å². The highest BCUT2D eigenvalue weighted by Gasteiger charge is 2.27. The molecule has 0 aliphatic heterocycles. The summed E-state index contributed by atoms with van der Waals surface area (Å²) >= 11 is 0. The Hall–Kier alpha value is -1.51. The quantitative estimate of drug-likeness (QED) is 0.559. The number of carbonyl (C=O) groups excluding carboxylic acids is 2. The zero-order chi connectivity index (χ0) is 15.3. The molecule has 0 heterocycles. The van der Waals surface area contributed by atoms with Crippen LogP contribution in [0.1, 0.15) is 55.6 Å². The molecule has 0 amide bonds. The minimum atomic E-state index is -2.03. The fraction of sp³-hybridized carbons (Fsp3) is 0.529. The first kappa shape index (κ1) is 16.5. The Kier molecular flexibility index (Phi) is 6.05. The zero-order valence-electron chi connectivity index (χ0n) is 12.7. The molecule has 1 unspecified atom stereocenters. The fourth-order valence-corrected chi connectivity index (χ4v) is 2.25. The molecule has 0 radical (unpaired) electrons. The van der Waals surface area contributed by atoms with Gasteiger partial charge in [-0.3, -0.25) is 9.59 Å². The highest BCUT2D eigenvalue weighted by atomic mass is 19.1. The van der Waals surface area contributed by atoms with E-state index in [0.29, 0.717) is 5.56 Å². The molecule has 1 rings (SSSR count). The number of halogens is 1. The van der Waals surface area contributed by atoms with Crippen LogP contribution in [0.2, 0.25) is 0 Å². The van der Waals surface area contributed by atoms with Gasteiger partial charge < -0.3 is 0 Å². The van der Waals surface area contributed by atoms with Crippen molar-refractivity contribution in [2.24, 2.45) is 5.92 Å². The van der Waals surface area contributed by atoms with Crippen molar-refractivity contribution < 1.29 is 14.0 Å². The van der Waals surface area contributed by atoms with Crippen molar-refractivity contribution in [2.45, 2.75) is 53.1 Å². The molecule has 0 aromatic heterocycles. The second-order valence-corrected chi connectivity index (χ2v) is 5.48. The molecule has 0 spiro atoms. The Morgan fingerprint density at radius 3 is 2.20 bits per heavy atom. The summed E-state index contributed by atoms with van der Waals surface area (Å²) in [6, 6.07) is 5.19. The van der Waals surface area contributed by atoms with Crippen molar-refractivity contribution in [1.82, 2.24) is 0 Å². The number of rotatable bonds is 7. The molecular formula is C17H23FO2. The average Bonchev–Trinajstić information content (AvgIpc) is 2.44. The molecule has 0 bridgehead atoms. The Labute approximate surface area is 120 Å². The second-order valence-electron chi connectivity index (χ2n) is 5.48. The predicted octanol–water partition coefficient (Wildman–Crippen LogP) is 3.95. The van der Waals surface area contributed by atoms with Crippen LogP contribution in [0.5, 0.6) is 0 Å². The Balaban J connectivity index is 2.94. The van der Waals surface area contributed by atoms with Crippen LogP contribution in [0, 0.1) is 5.92 Å². The minimum Gasteiger partial charge on any atom is -0.296 e. The van der Waals surface area contributed by atoms with E-state index in [2.05, 4.69) is 0 Å². The fourth-order valence-electron chi connectivity index (χ4n) is 2.25. The summed E-state index contributed by atoms with van der Waals surface area (Å²) < 4.78 is 14.0. The van der Waals surface area contributed by atoms with Crippen molar-refractivity contribution >= 4 is 11.6 Å². The number of benzene rings is 1. The van der Waals surface area contributed by atoms with E-state index < -0.39 is 17.7 Å². The molecule has 0 fully saturated rings. The molecule has 0 N–H and O–H groups in total. The molecule has 3 heteroatoms. The lowest BCUT2D eigenvalue weighted by Crippen LogP contribution is -2.27. The van der Waals surface area contributed by atoms with E-state index in [-0.39, 0.29) is 12.3 Å². The molecule has 1 aromatic carbocycles. The van der Waals surface area contributed by atoms with Crippen LogP contribution in [0.3, 0.4) is 0 Å². The van der Waals surface area contributed by atoms with Gasteiger partial charge in [0.15, 0.2) is 5.78 Å². The monoisotopic (exact) mass is 278 g/mol. The van der Waals surface area contributed by atoms with Gasteiger partial charge >= 0.3 is 0 Å². The maximum atomic E-state index is 14.0. The number of hydrogen-bond acceptors (Lipinski definition) is 2. The molecule has 0 aliphatic rings. The minimum absolute atomic E-state index is 0.0576. The Bertz CT molecular complexity index is 492. The third kappa shape index (κ3) is 3.99. The van der Waals surface area contributed by atoms with E-state index in [1.54, 1.807) is 12.1 Å². The van der Waals surface area contributed by atoms with Gasteiger partial charge in [-0.2, -0.15) is 0 Å². The number of hydrogen-bond donors (Lipinski definition) is 0. The highest BCUT2D eigenvalue weighted by molar-refractivity contribution is 6.13. The molecule has 1 atom stereocenters. The van der Waals surface area contributed by atoms with Gasteiger partial charge in [0.25, 0.3) is 0 Å².